The maximum atomic E-state index is 12.7. The summed E-state index contributed by atoms with van der Waals surface area (Å²) >= 11 is 1.52. The largest absolute Gasteiger partial charge is 0.450 e. The van der Waals surface area contributed by atoms with E-state index in [0.717, 1.165) is 41.4 Å². The summed E-state index contributed by atoms with van der Waals surface area (Å²) in [6.45, 7) is 8.74. The minimum atomic E-state index is -0.261. The second-order valence-electron chi connectivity index (χ2n) is 7.25. The van der Waals surface area contributed by atoms with Gasteiger partial charge >= 0.3 is 6.09 Å². The highest BCUT2D eigenvalue weighted by Gasteiger charge is 2.26. The number of thiazole rings is 1. The van der Waals surface area contributed by atoms with E-state index in [1.54, 1.807) is 4.90 Å². The van der Waals surface area contributed by atoms with Crippen LogP contribution < -0.4 is 5.32 Å². The lowest BCUT2D eigenvalue weighted by atomic mass is 10.1. The van der Waals surface area contributed by atoms with Gasteiger partial charge in [-0.05, 0) is 52.6 Å². The minimum Gasteiger partial charge on any atom is -0.450 e. The van der Waals surface area contributed by atoms with Gasteiger partial charge in [0.05, 0.1) is 17.3 Å². The van der Waals surface area contributed by atoms with Crippen LogP contribution in [0.1, 0.15) is 53.0 Å². The summed E-state index contributed by atoms with van der Waals surface area (Å²) in [5, 5.41) is 4.16. The van der Waals surface area contributed by atoms with Crippen molar-refractivity contribution < 1.29 is 14.3 Å². The average Bonchev–Trinajstić information content (AvgIpc) is 3.30. The highest BCUT2D eigenvalue weighted by molar-refractivity contribution is 7.13. The van der Waals surface area contributed by atoms with Crippen molar-refractivity contribution in [2.24, 2.45) is 0 Å². The first-order valence-electron chi connectivity index (χ1n) is 9.98. The number of aryl methyl sites for hydroxylation is 1. The molecule has 150 valence electrons. The number of ether oxygens (including phenoxy) is 1. The Hall–Kier alpha value is -1.67. The fourth-order valence-corrected chi connectivity index (χ4v) is 4.66. The highest BCUT2D eigenvalue weighted by atomic mass is 32.1. The number of aromatic nitrogens is 1. The predicted molar refractivity (Wildman–Crippen MR) is 105 cm³/mol. The Labute approximate surface area is 165 Å². The SMILES string of the molecule is CCOC(=O)N1CCC(NC(=O)c2sc(CCN3CCCC3)nc2C)CC1. The molecular weight excluding hydrogens is 364 g/mol. The molecule has 8 heteroatoms. The van der Waals surface area contributed by atoms with Crippen molar-refractivity contribution in [3.05, 3.63) is 15.6 Å². The zero-order chi connectivity index (χ0) is 19.2. The molecule has 2 aliphatic rings. The highest BCUT2D eigenvalue weighted by Crippen LogP contribution is 2.21. The fraction of sp³-hybridized carbons (Fsp3) is 0.737. The van der Waals surface area contributed by atoms with E-state index in [9.17, 15) is 9.59 Å². The number of carbonyl (C=O) groups excluding carboxylic acids is 2. The molecule has 0 atom stereocenters. The first kappa shape index (κ1) is 20.1. The summed E-state index contributed by atoms with van der Waals surface area (Å²) < 4.78 is 5.03. The lowest BCUT2D eigenvalue weighted by molar-refractivity contribution is 0.0862. The number of hydrogen-bond donors (Lipinski definition) is 1. The molecule has 1 N–H and O–H groups in total. The molecule has 3 rings (SSSR count). The smallest absolute Gasteiger partial charge is 0.409 e. The van der Waals surface area contributed by atoms with Crippen LogP contribution in [-0.4, -0.2) is 72.2 Å². The quantitative estimate of drug-likeness (QED) is 0.802. The van der Waals surface area contributed by atoms with E-state index < -0.39 is 0 Å². The Kier molecular flexibility index (Phi) is 7.07. The van der Waals surface area contributed by atoms with Gasteiger partial charge in [0.1, 0.15) is 4.88 Å². The van der Waals surface area contributed by atoms with Crippen LogP contribution in [0.25, 0.3) is 0 Å². The monoisotopic (exact) mass is 394 g/mol. The van der Waals surface area contributed by atoms with Gasteiger partial charge in [-0.2, -0.15) is 0 Å². The number of hydrogen-bond acceptors (Lipinski definition) is 6. The number of carbonyl (C=O) groups is 2. The number of likely N-dealkylation sites (tertiary alicyclic amines) is 2. The number of nitrogens with zero attached hydrogens (tertiary/aromatic N) is 3. The van der Waals surface area contributed by atoms with Gasteiger partial charge in [0.25, 0.3) is 5.91 Å². The van der Waals surface area contributed by atoms with Gasteiger partial charge in [0.2, 0.25) is 0 Å². The van der Waals surface area contributed by atoms with Gasteiger partial charge < -0.3 is 19.9 Å². The average molecular weight is 395 g/mol. The van der Waals surface area contributed by atoms with Gasteiger partial charge in [0, 0.05) is 32.1 Å². The van der Waals surface area contributed by atoms with Gasteiger partial charge in [-0.25, -0.2) is 9.78 Å². The van der Waals surface area contributed by atoms with Crippen LogP contribution in [0.5, 0.6) is 0 Å². The molecular formula is C19H30N4O3S. The molecule has 27 heavy (non-hydrogen) atoms. The van der Waals surface area contributed by atoms with Crippen molar-refractivity contribution in [1.82, 2.24) is 20.1 Å². The zero-order valence-electron chi connectivity index (χ0n) is 16.3. The van der Waals surface area contributed by atoms with E-state index in [1.165, 1.54) is 37.3 Å². The Morgan fingerprint density at radius 2 is 1.93 bits per heavy atom. The summed E-state index contributed by atoms with van der Waals surface area (Å²) in [6.07, 6.45) is 4.74. The van der Waals surface area contributed by atoms with Gasteiger partial charge in [-0.1, -0.05) is 0 Å². The molecule has 3 heterocycles. The van der Waals surface area contributed by atoms with Crippen LogP contribution in [0.15, 0.2) is 0 Å². The Morgan fingerprint density at radius 3 is 2.59 bits per heavy atom. The van der Waals surface area contributed by atoms with E-state index in [4.69, 9.17) is 4.74 Å². The van der Waals surface area contributed by atoms with Crippen molar-refractivity contribution in [2.45, 2.75) is 52.0 Å². The first-order chi connectivity index (χ1) is 13.1. The maximum Gasteiger partial charge on any atom is 0.409 e. The van der Waals surface area contributed by atoms with Gasteiger partial charge in [-0.3, -0.25) is 4.79 Å². The Bertz CT molecular complexity index is 649. The zero-order valence-corrected chi connectivity index (χ0v) is 17.1. The summed E-state index contributed by atoms with van der Waals surface area (Å²) in [5.74, 6) is -0.0352. The summed E-state index contributed by atoms with van der Waals surface area (Å²) in [7, 11) is 0. The molecule has 0 saturated carbocycles. The van der Waals surface area contributed by atoms with E-state index in [-0.39, 0.29) is 18.0 Å². The Morgan fingerprint density at radius 1 is 1.22 bits per heavy atom. The molecule has 1 aromatic rings. The van der Waals surface area contributed by atoms with Crippen LogP contribution in [0.4, 0.5) is 4.79 Å². The molecule has 0 aromatic carbocycles. The van der Waals surface area contributed by atoms with Crippen molar-refractivity contribution in [3.8, 4) is 0 Å². The molecule has 2 amide bonds. The van der Waals surface area contributed by atoms with E-state index in [0.29, 0.717) is 19.7 Å². The van der Waals surface area contributed by atoms with Crippen LogP contribution in [0, 0.1) is 6.92 Å². The Balaban J connectivity index is 1.47. The lowest BCUT2D eigenvalue weighted by Gasteiger charge is -2.31. The molecule has 0 bridgehead atoms. The van der Waals surface area contributed by atoms with Crippen molar-refractivity contribution in [3.63, 3.8) is 0 Å². The van der Waals surface area contributed by atoms with E-state index in [1.807, 2.05) is 13.8 Å². The summed E-state index contributed by atoms with van der Waals surface area (Å²) in [6, 6.07) is 0.0951. The molecule has 1 aromatic heterocycles. The number of nitrogens with one attached hydrogen (secondary N) is 1. The lowest BCUT2D eigenvalue weighted by Crippen LogP contribution is -2.46. The number of rotatable bonds is 6. The van der Waals surface area contributed by atoms with Gasteiger partial charge in [-0.15, -0.1) is 11.3 Å². The fourth-order valence-electron chi connectivity index (χ4n) is 3.70. The van der Waals surface area contributed by atoms with E-state index >= 15 is 0 Å². The van der Waals surface area contributed by atoms with Crippen LogP contribution in [-0.2, 0) is 11.2 Å². The molecule has 0 radical (unpaired) electrons. The van der Waals surface area contributed by atoms with E-state index in [2.05, 4.69) is 15.2 Å². The minimum absolute atomic E-state index is 0.0352. The first-order valence-corrected chi connectivity index (χ1v) is 10.8. The normalized spacial score (nSPS) is 18.7. The molecule has 0 unspecified atom stereocenters. The number of piperidine rings is 1. The third-order valence-corrected chi connectivity index (χ3v) is 6.46. The second-order valence-corrected chi connectivity index (χ2v) is 8.34. The van der Waals surface area contributed by atoms with Crippen LogP contribution in [0.3, 0.4) is 0 Å². The summed E-state index contributed by atoms with van der Waals surface area (Å²) in [4.78, 5) is 33.9. The molecule has 0 spiro atoms. The standard InChI is InChI=1S/C19H30N4O3S/c1-3-26-19(25)23-12-6-15(7-13-23)21-18(24)17-14(2)20-16(27-17)8-11-22-9-4-5-10-22/h15H,3-13H2,1-2H3,(H,21,24). The third-order valence-electron chi connectivity index (χ3n) is 5.24. The number of amides is 2. The predicted octanol–water partition coefficient (Wildman–Crippen LogP) is 2.44. The molecule has 2 fully saturated rings. The molecule has 2 aliphatic heterocycles. The maximum absolute atomic E-state index is 12.7. The third kappa shape index (κ3) is 5.42. The molecule has 2 saturated heterocycles. The topological polar surface area (TPSA) is 74.8 Å². The summed E-state index contributed by atoms with van der Waals surface area (Å²) in [5.41, 5.74) is 0.817. The van der Waals surface area contributed by atoms with Gasteiger partial charge in [0.15, 0.2) is 0 Å². The van der Waals surface area contributed by atoms with Crippen LogP contribution >= 0.6 is 11.3 Å². The van der Waals surface area contributed by atoms with Crippen LogP contribution in [0.2, 0.25) is 0 Å². The van der Waals surface area contributed by atoms with Crippen molar-refractivity contribution in [1.29, 1.82) is 0 Å². The molecule has 0 aliphatic carbocycles. The van der Waals surface area contributed by atoms with Crippen molar-refractivity contribution >= 4 is 23.3 Å². The van der Waals surface area contributed by atoms with Crippen molar-refractivity contribution in [2.75, 3.05) is 39.3 Å². The molecule has 7 nitrogen and oxygen atoms in total. The second kappa shape index (κ2) is 9.50.